The van der Waals surface area contributed by atoms with Crippen molar-refractivity contribution >= 4 is 15.2 Å². The molecule has 0 spiro atoms. The van der Waals surface area contributed by atoms with Crippen LogP contribution in [0.1, 0.15) is 23.0 Å². The number of ether oxygens (including phenoxy) is 1. The number of aromatic carboxylic acids is 1. The SMILES string of the molecule is CC(F)(P)c1ccc(-c2ccc(Oc3[nH]nnc3C(=O)O)cc2)cc1. The molecule has 0 fully saturated rings. The molecule has 3 aromatic rings. The van der Waals surface area contributed by atoms with Crippen LogP contribution in [0, 0.1) is 0 Å². The molecule has 2 unspecified atom stereocenters. The number of carbonyl (C=O) groups is 1. The van der Waals surface area contributed by atoms with Gasteiger partial charge in [0.15, 0.2) is 0 Å². The minimum Gasteiger partial charge on any atom is -0.476 e. The van der Waals surface area contributed by atoms with Crippen molar-refractivity contribution in [2.24, 2.45) is 0 Å². The fourth-order valence-corrected chi connectivity index (χ4v) is 2.44. The minimum atomic E-state index is -1.46. The van der Waals surface area contributed by atoms with Crippen LogP contribution in [0.3, 0.4) is 0 Å². The smallest absolute Gasteiger partial charge is 0.362 e. The van der Waals surface area contributed by atoms with Crippen molar-refractivity contribution in [2.75, 3.05) is 0 Å². The Morgan fingerprint density at radius 2 is 1.72 bits per heavy atom. The van der Waals surface area contributed by atoms with Crippen molar-refractivity contribution in [3.8, 4) is 22.8 Å². The van der Waals surface area contributed by atoms with E-state index in [9.17, 15) is 9.18 Å². The lowest BCUT2D eigenvalue weighted by molar-refractivity contribution is 0.0687. The van der Waals surface area contributed by atoms with E-state index in [0.29, 0.717) is 11.3 Å². The van der Waals surface area contributed by atoms with Gasteiger partial charge in [0, 0.05) is 0 Å². The molecule has 0 aliphatic heterocycles. The van der Waals surface area contributed by atoms with Crippen molar-refractivity contribution in [1.29, 1.82) is 0 Å². The van der Waals surface area contributed by atoms with E-state index in [0.717, 1.165) is 11.1 Å². The molecule has 0 aliphatic rings. The summed E-state index contributed by atoms with van der Waals surface area (Å²) in [7, 11) is 2.17. The maximum Gasteiger partial charge on any atom is 0.362 e. The second-order valence-electron chi connectivity index (χ2n) is 5.57. The minimum absolute atomic E-state index is 0.0349. The number of carboxylic acid groups (broad SMARTS) is 1. The number of aromatic nitrogens is 3. The van der Waals surface area contributed by atoms with Crippen LogP contribution in [0.25, 0.3) is 11.1 Å². The molecular formula is C17H15FN3O3P. The highest BCUT2D eigenvalue weighted by Crippen LogP contribution is 2.34. The van der Waals surface area contributed by atoms with Gasteiger partial charge in [-0.2, -0.15) is 0 Å². The number of halogens is 1. The summed E-state index contributed by atoms with van der Waals surface area (Å²) >= 11 is 0. The van der Waals surface area contributed by atoms with E-state index in [1.165, 1.54) is 6.92 Å². The normalized spacial score (nSPS) is 13.2. The van der Waals surface area contributed by atoms with Crippen LogP contribution >= 0.6 is 9.24 Å². The average molecular weight is 359 g/mol. The maximum atomic E-state index is 13.9. The third-order valence-corrected chi connectivity index (χ3v) is 3.91. The molecule has 3 rings (SSSR count). The quantitative estimate of drug-likeness (QED) is 0.673. The Balaban J connectivity index is 1.78. The third-order valence-electron chi connectivity index (χ3n) is 3.58. The van der Waals surface area contributed by atoms with Crippen molar-refractivity contribution < 1.29 is 19.0 Å². The number of H-pyrrole nitrogens is 1. The molecule has 0 amide bonds. The van der Waals surface area contributed by atoms with E-state index in [1.807, 2.05) is 24.3 Å². The Kier molecular flexibility index (Phi) is 4.51. The topological polar surface area (TPSA) is 88.1 Å². The summed E-state index contributed by atoms with van der Waals surface area (Å²) in [6, 6.07) is 14.2. The lowest BCUT2D eigenvalue weighted by atomic mass is 10.0. The molecule has 0 saturated heterocycles. The Morgan fingerprint density at radius 3 is 2.24 bits per heavy atom. The third kappa shape index (κ3) is 3.83. The van der Waals surface area contributed by atoms with Crippen LogP contribution in [0.15, 0.2) is 48.5 Å². The number of aromatic amines is 1. The molecular weight excluding hydrogens is 344 g/mol. The van der Waals surface area contributed by atoms with Gasteiger partial charge in [0.25, 0.3) is 5.88 Å². The summed E-state index contributed by atoms with van der Waals surface area (Å²) in [4.78, 5) is 11.0. The van der Waals surface area contributed by atoms with Crippen LogP contribution in [0.5, 0.6) is 11.6 Å². The maximum absolute atomic E-state index is 13.9. The molecule has 8 heteroatoms. The first-order valence-corrected chi connectivity index (χ1v) is 7.93. The predicted molar refractivity (Wildman–Crippen MR) is 93.5 cm³/mol. The van der Waals surface area contributed by atoms with Crippen LogP contribution in [-0.4, -0.2) is 26.5 Å². The average Bonchev–Trinajstić information content (AvgIpc) is 3.03. The molecule has 2 atom stereocenters. The highest BCUT2D eigenvalue weighted by Gasteiger charge is 2.19. The van der Waals surface area contributed by atoms with Crippen LogP contribution in [0.4, 0.5) is 4.39 Å². The summed E-state index contributed by atoms with van der Waals surface area (Å²) in [5.41, 5.74) is 2.14. The van der Waals surface area contributed by atoms with Crippen LogP contribution in [-0.2, 0) is 5.41 Å². The molecule has 1 heterocycles. The number of nitrogens with zero attached hydrogens (tertiary/aromatic N) is 2. The number of hydrogen-bond donors (Lipinski definition) is 2. The van der Waals surface area contributed by atoms with E-state index >= 15 is 0 Å². The van der Waals surface area contributed by atoms with Gasteiger partial charge in [-0.1, -0.05) is 50.9 Å². The van der Waals surface area contributed by atoms with Crippen LogP contribution in [0.2, 0.25) is 0 Å². The zero-order valence-electron chi connectivity index (χ0n) is 13.2. The van der Waals surface area contributed by atoms with E-state index in [4.69, 9.17) is 9.84 Å². The molecule has 2 aromatic carbocycles. The fourth-order valence-electron chi connectivity index (χ4n) is 2.25. The Hall–Kier alpha value is -2.79. The number of carboxylic acids is 1. The van der Waals surface area contributed by atoms with E-state index in [1.54, 1.807) is 24.3 Å². The number of benzene rings is 2. The van der Waals surface area contributed by atoms with Gasteiger partial charge in [0.2, 0.25) is 5.69 Å². The Bertz CT molecular complexity index is 887. The van der Waals surface area contributed by atoms with Crippen molar-refractivity contribution in [1.82, 2.24) is 15.4 Å². The molecule has 25 heavy (non-hydrogen) atoms. The standard InChI is InChI=1S/C17H15FN3O3P/c1-17(18,25)12-6-2-10(3-7-12)11-4-8-13(9-5-11)24-15-14(16(22)23)19-21-20-15/h2-9H,25H2,1H3,(H,22,23)(H,19,20,21). The highest BCUT2D eigenvalue weighted by atomic mass is 31.0. The summed E-state index contributed by atoms with van der Waals surface area (Å²) in [5, 5.41) is 16.8. The van der Waals surface area contributed by atoms with E-state index < -0.39 is 11.4 Å². The summed E-state index contributed by atoms with van der Waals surface area (Å²) < 4.78 is 19.3. The number of nitrogens with one attached hydrogen (secondary N) is 1. The molecule has 0 aliphatic carbocycles. The molecule has 128 valence electrons. The summed E-state index contributed by atoms with van der Waals surface area (Å²) in [6.07, 6.45) is 0. The van der Waals surface area contributed by atoms with Gasteiger partial charge < -0.3 is 9.84 Å². The zero-order chi connectivity index (χ0) is 18.0. The number of hydrogen-bond acceptors (Lipinski definition) is 4. The molecule has 2 N–H and O–H groups in total. The van der Waals surface area contributed by atoms with E-state index in [-0.39, 0.29) is 11.6 Å². The van der Waals surface area contributed by atoms with E-state index in [2.05, 4.69) is 24.7 Å². The first-order valence-electron chi connectivity index (χ1n) is 7.35. The molecule has 0 bridgehead atoms. The van der Waals surface area contributed by atoms with Gasteiger partial charge in [-0.3, -0.25) is 0 Å². The van der Waals surface area contributed by atoms with Crippen LogP contribution < -0.4 is 4.74 Å². The van der Waals surface area contributed by atoms with Crippen molar-refractivity contribution in [3.63, 3.8) is 0 Å². The predicted octanol–water partition coefficient (Wildman–Crippen LogP) is 3.98. The Labute approximate surface area is 145 Å². The molecule has 0 radical (unpaired) electrons. The first-order chi connectivity index (χ1) is 11.8. The molecule has 6 nitrogen and oxygen atoms in total. The van der Waals surface area contributed by atoms with Gasteiger partial charge >= 0.3 is 5.97 Å². The van der Waals surface area contributed by atoms with Crippen molar-refractivity contribution in [2.45, 2.75) is 12.3 Å². The second-order valence-corrected chi connectivity index (χ2v) is 6.66. The fraction of sp³-hybridized carbons (Fsp3) is 0.118. The van der Waals surface area contributed by atoms with Gasteiger partial charge in [0.1, 0.15) is 11.2 Å². The lowest BCUT2D eigenvalue weighted by Gasteiger charge is -2.14. The lowest BCUT2D eigenvalue weighted by Crippen LogP contribution is -2.03. The van der Waals surface area contributed by atoms with Crippen molar-refractivity contribution in [3.05, 3.63) is 59.8 Å². The highest BCUT2D eigenvalue weighted by molar-refractivity contribution is 7.18. The molecule has 0 saturated carbocycles. The van der Waals surface area contributed by atoms with Gasteiger partial charge in [-0.25, -0.2) is 14.3 Å². The largest absolute Gasteiger partial charge is 0.476 e. The zero-order valence-corrected chi connectivity index (χ0v) is 14.4. The van der Waals surface area contributed by atoms with Gasteiger partial charge in [0.05, 0.1) is 0 Å². The van der Waals surface area contributed by atoms with Gasteiger partial charge in [-0.15, -0.1) is 5.10 Å². The second kappa shape index (κ2) is 6.61. The number of rotatable bonds is 5. The van der Waals surface area contributed by atoms with Gasteiger partial charge in [-0.05, 0) is 35.7 Å². The summed E-state index contributed by atoms with van der Waals surface area (Å²) in [5.74, 6) is -0.822. The monoisotopic (exact) mass is 359 g/mol. The summed E-state index contributed by atoms with van der Waals surface area (Å²) in [6.45, 7) is 1.48. The number of alkyl halides is 1. The first kappa shape index (κ1) is 17.0. The Morgan fingerprint density at radius 1 is 1.16 bits per heavy atom. The molecule has 1 aromatic heterocycles.